The highest BCUT2D eigenvalue weighted by molar-refractivity contribution is 5.82. The zero-order valence-corrected chi connectivity index (χ0v) is 14.7. The summed E-state index contributed by atoms with van der Waals surface area (Å²) in [6.07, 6.45) is 6.53. The maximum absolute atomic E-state index is 9.29. The molecule has 3 aromatic rings. The van der Waals surface area contributed by atoms with Crippen LogP contribution in [0.4, 0.5) is 0 Å². The molecule has 3 heterocycles. The molecule has 0 aliphatic heterocycles. The average molecular weight is 318 g/mol. The van der Waals surface area contributed by atoms with E-state index in [0.717, 1.165) is 28.7 Å². The Kier molecular flexibility index (Phi) is 4.11. The van der Waals surface area contributed by atoms with Crippen molar-refractivity contribution in [3.63, 3.8) is 0 Å². The van der Waals surface area contributed by atoms with Crippen LogP contribution in [-0.2, 0) is 13.0 Å². The molecular weight excluding hydrogens is 296 g/mol. The van der Waals surface area contributed by atoms with Crippen LogP contribution in [0.1, 0.15) is 36.4 Å². The molecule has 24 heavy (non-hydrogen) atoms. The van der Waals surface area contributed by atoms with E-state index in [-0.39, 0.29) is 0 Å². The van der Waals surface area contributed by atoms with Gasteiger partial charge in [-0.25, -0.2) is 0 Å². The van der Waals surface area contributed by atoms with Gasteiger partial charge in [-0.1, -0.05) is 0 Å². The maximum atomic E-state index is 9.29. The third-order valence-corrected chi connectivity index (χ3v) is 4.50. The van der Waals surface area contributed by atoms with Crippen LogP contribution >= 0.6 is 0 Å². The van der Waals surface area contributed by atoms with Crippen molar-refractivity contribution in [3.05, 3.63) is 59.3 Å². The molecule has 0 N–H and O–H groups in total. The van der Waals surface area contributed by atoms with Crippen LogP contribution in [0, 0.1) is 30.6 Å². The molecule has 4 nitrogen and oxygen atoms in total. The lowest BCUT2D eigenvalue weighted by molar-refractivity contribution is 0.416. The Bertz CT molecular complexity index is 908. The molecule has 3 aromatic heterocycles. The van der Waals surface area contributed by atoms with Crippen molar-refractivity contribution in [1.82, 2.24) is 14.5 Å². The van der Waals surface area contributed by atoms with Crippen molar-refractivity contribution >= 4 is 10.9 Å². The normalized spacial score (nSPS) is 11.6. The summed E-state index contributed by atoms with van der Waals surface area (Å²) < 4.78 is 2.15. The highest BCUT2D eigenvalue weighted by Crippen LogP contribution is 2.26. The predicted octanol–water partition coefficient (Wildman–Crippen LogP) is 4.19. The minimum atomic E-state index is -0.397. The van der Waals surface area contributed by atoms with E-state index in [1.54, 1.807) is 0 Å². The van der Waals surface area contributed by atoms with Crippen molar-refractivity contribution in [1.29, 1.82) is 5.26 Å². The fourth-order valence-corrected chi connectivity index (χ4v) is 3.08. The van der Waals surface area contributed by atoms with E-state index < -0.39 is 5.41 Å². The van der Waals surface area contributed by atoms with Gasteiger partial charge in [-0.3, -0.25) is 9.97 Å². The van der Waals surface area contributed by atoms with Gasteiger partial charge in [0.1, 0.15) is 0 Å². The molecule has 0 fully saturated rings. The first-order chi connectivity index (χ1) is 11.4. The van der Waals surface area contributed by atoms with Crippen LogP contribution in [0.2, 0.25) is 0 Å². The average Bonchev–Trinajstić information content (AvgIpc) is 2.94. The molecule has 0 aliphatic carbocycles. The van der Waals surface area contributed by atoms with Crippen molar-refractivity contribution in [2.45, 2.75) is 40.7 Å². The fourth-order valence-electron chi connectivity index (χ4n) is 3.08. The van der Waals surface area contributed by atoms with E-state index in [1.165, 1.54) is 11.1 Å². The quantitative estimate of drug-likeness (QED) is 0.725. The number of hydrogen-bond acceptors (Lipinski definition) is 3. The molecule has 0 bridgehead atoms. The lowest BCUT2D eigenvalue weighted by Crippen LogP contribution is -2.16. The van der Waals surface area contributed by atoms with Gasteiger partial charge in [-0.15, -0.1) is 0 Å². The maximum Gasteiger partial charge on any atom is 0.0702 e. The van der Waals surface area contributed by atoms with Crippen LogP contribution in [0.5, 0.6) is 0 Å². The topological polar surface area (TPSA) is 54.5 Å². The highest BCUT2D eigenvalue weighted by Gasteiger charge is 2.19. The van der Waals surface area contributed by atoms with E-state index in [0.29, 0.717) is 6.54 Å². The molecule has 0 aliphatic rings. The molecule has 0 aromatic carbocycles. The molecule has 0 amide bonds. The van der Waals surface area contributed by atoms with E-state index >= 15 is 0 Å². The molecule has 3 rings (SSSR count). The minimum Gasteiger partial charge on any atom is -0.346 e. The zero-order valence-electron chi connectivity index (χ0n) is 14.7. The van der Waals surface area contributed by atoms with Crippen LogP contribution in [0.3, 0.4) is 0 Å². The molecule has 0 saturated carbocycles. The lowest BCUT2D eigenvalue weighted by Gasteiger charge is -2.17. The summed E-state index contributed by atoms with van der Waals surface area (Å²) in [5, 5.41) is 10.4. The monoisotopic (exact) mass is 318 g/mol. The molecule has 122 valence electrons. The predicted molar refractivity (Wildman–Crippen MR) is 95.6 cm³/mol. The summed E-state index contributed by atoms with van der Waals surface area (Å²) in [7, 11) is 0. The number of fused-ring (bicyclic) bond motifs is 1. The van der Waals surface area contributed by atoms with Gasteiger partial charge < -0.3 is 4.57 Å². The van der Waals surface area contributed by atoms with Crippen LogP contribution in [0.25, 0.3) is 10.9 Å². The van der Waals surface area contributed by atoms with E-state index in [4.69, 9.17) is 0 Å². The number of aromatic nitrogens is 3. The summed E-state index contributed by atoms with van der Waals surface area (Å²) in [6, 6.07) is 8.54. The molecule has 4 heteroatoms. The van der Waals surface area contributed by atoms with E-state index in [1.807, 2.05) is 45.3 Å². The Morgan fingerprint density at radius 1 is 1.12 bits per heavy atom. The first-order valence-corrected chi connectivity index (χ1v) is 8.16. The number of aryl methyl sites for hydroxylation is 2. The zero-order chi connectivity index (χ0) is 17.3. The third kappa shape index (κ3) is 3.03. The van der Waals surface area contributed by atoms with Crippen molar-refractivity contribution < 1.29 is 0 Å². The fraction of sp³-hybridized carbons (Fsp3) is 0.350. The number of nitriles is 1. The van der Waals surface area contributed by atoms with Gasteiger partial charge in [0.15, 0.2) is 0 Å². The Balaban J connectivity index is 2.02. The van der Waals surface area contributed by atoms with Crippen molar-refractivity contribution in [3.8, 4) is 6.07 Å². The van der Waals surface area contributed by atoms with Crippen molar-refractivity contribution in [2.24, 2.45) is 5.41 Å². The molecule has 0 radical (unpaired) electrons. The third-order valence-electron chi connectivity index (χ3n) is 4.50. The van der Waals surface area contributed by atoms with Gasteiger partial charge in [0.25, 0.3) is 0 Å². The number of nitrogens with zero attached hydrogens (tertiary/aromatic N) is 4. The standard InChI is InChI=1S/C20H22N4/c1-14-5-8-22-15(2)17(14)11-18-16-7-10-24(13-20(3,4)12-21)19(16)6-9-23-18/h5-10H,11,13H2,1-4H3. The number of pyridine rings is 2. The first-order valence-electron chi connectivity index (χ1n) is 8.16. The molecular formula is C20H22N4. The summed E-state index contributed by atoms with van der Waals surface area (Å²) in [4.78, 5) is 9.02. The molecule has 0 spiro atoms. The van der Waals surface area contributed by atoms with Crippen molar-refractivity contribution in [2.75, 3.05) is 0 Å². The van der Waals surface area contributed by atoms with Gasteiger partial charge in [0.2, 0.25) is 0 Å². The Hall–Kier alpha value is -2.67. The smallest absolute Gasteiger partial charge is 0.0702 e. The second kappa shape index (κ2) is 6.09. The molecule has 0 atom stereocenters. The summed E-state index contributed by atoms with van der Waals surface area (Å²) in [6.45, 7) is 8.75. The van der Waals surface area contributed by atoms with Gasteiger partial charge in [-0.2, -0.15) is 5.26 Å². The van der Waals surface area contributed by atoms with Gasteiger partial charge in [0, 0.05) is 42.6 Å². The Labute approximate surface area is 142 Å². The SMILES string of the molecule is Cc1ccnc(C)c1Cc1nccc2c1ccn2CC(C)(C)C#N. The van der Waals surface area contributed by atoms with Crippen LogP contribution in [0.15, 0.2) is 36.8 Å². The summed E-state index contributed by atoms with van der Waals surface area (Å²) in [5.74, 6) is 0. The minimum absolute atomic E-state index is 0.397. The number of hydrogen-bond donors (Lipinski definition) is 0. The first kappa shape index (κ1) is 16.2. The van der Waals surface area contributed by atoms with E-state index in [9.17, 15) is 5.26 Å². The van der Waals surface area contributed by atoms with Gasteiger partial charge >= 0.3 is 0 Å². The van der Waals surface area contributed by atoms with E-state index in [2.05, 4.69) is 39.8 Å². The van der Waals surface area contributed by atoms with Gasteiger partial charge in [0.05, 0.1) is 22.7 Å². The van der Waals surface area contributed by atoms with Crippen LogP contribution < -0.4 is 0 Å². The summed E-state index contributed by atoms with van der Waals surface area (Å²) in [5.41, 5.74) is 5.32. The lowest BCUT2D eigenvalue weighted by atomic mass is 9.96. The second-order valence-electron chi connectivity index (χ2n) is 7.00. The largest absolute Gasteiger partial charge is 0.346 e. The molecule has 0 unspecified atom stereocenters. The Morgan fingerprint density at radius 3 is 2.58 bits per heavy atom. The molecule has 0 saturated heterocycles. The second-order valence-corrected chi connectivity index (χ2v) is 7.00. The highest BCUT2D eigenvalue weighted by atomic mass is 15.0. The van der Waals surface area contributed by atoms with Gasteiger partial charge in [-0.05, 0) is 57.0 Å². The number of rotatable bonds is 4. The Morgan fingerprint density at radius 2 is 1.88 bits per heavy atom. The van der Waals surface area contributed by atoms with Crippen LogP contribution in [-0.4, -0.2) is 14.5 Å². The summed E-state index contributed by atoms with van der Waals surface area (Å²) >= 11 is 0.